The Kier molecular flexibility index (Phi) is 5.96. The Bertz CT molecular complexity index is 888. The summed E-state index contributed by atoms with van der Waals surface area (Å²) in [5.41, 5.74) is 5.06. The Morgan fingerprint density at radius 1 is 1.00 bits per heavy atom. The lowest BCUT2D eigenvalue weighted by Gasteiger charge is -2.09. The summed E-state index contributed by atoms with van der Waals surface area (Å²) in [4.78, 5) is 0. The smallest absolute Gasteiger partial charge is 0.161 e. The molecular weight excluding hydrogens is 396 g/mol. The summed E-state index contributed by atoms with van der Waals surface area (Å²) >= 11 is 3.43. The number of halogens is 1. The lowest BCUT2D eigenvalue weighted by Crippen LogP contribution is -2.05. The summed E-state index contributed by atoms with van der Waals surface area (Å²) in [6.45, 7) is 0.567. The van der Waals surface area contributed by atoms with Gasteiger partial charge in [-0.05, 0) is 42.0 Å². The van der Waals surface area contributed by atoms with Crippen molar-refractivity contribution in [2.75, 3.05) is 14.2 Å². The molecule has 0 atom stereocenters. The molecule has 0 aliphatic rings. The number of nitrogens with zero attached hydrogens (tertiary/aromatic N) is 1. The van der Waals surface area contributed by atoms with Crippen LogP contribution >= 0.6 is 15.9 Å². The van der Waals surface area contributed by atoms with Gasteiger partial charge in [-0.25, -0.2) is 0 Å². The van der Waals surface area contributed by atoms with Crippen LogP contribution in [0.15, 0.2) is 68.6 Å². The molecule has 0 saturated carbocycles. The zero-order chi connectivity index (χ0) is 18.4. The number of ether oxygens (including phenoxy) is 2. The van der Waals surface area contributed by atoms with Crippen molar-refractivity contribution in [2.24, 2.45) is 5.10 Å². The first-order valence-corrected chi connectivity index (χ1v) is 8.81. The first-order chi connectivity index (χ1) is 12.7. The van der Waals surface area contributed by atoms with Crippen LogP contribution in [-0.4, -0.2) is 20.4 Å². The molecule has 1 aromatic heterocycles. The predicted molar refractivity (Wildman–Crippen MR) is 106 cm³/mol. The summed E-state index contributed by atoms with van der Waals surface area (Å²) < 4.78 is 17.3. The number of hydrazone groups is 1. The second-order valence-corrected chi connectivity index (χ2v) is 6.41. The molecule has 5 nitrogen and oxygen atoms in total. The van der Waals surface area contributed by atoms with E-state index in [2.05, 4.69) is 26.5 Å². The summed E-state index contributed by atoms with van der Waals surface area (Å²) in [5, 5.41) is 4.21. The molecule has 0 aliphatic heterocycles. The first kappa shape index (κ1) is 18.1. The fraction of sp³-hybridized carbons (Fsp3) is 0.150. The Hall–Kier alpha value is -2.73. The molecule has 0 spiro atoms. The van der Waals surface area contributed by atoms with Crippen molar-refractivity contribution in [3.05, 3.63) is 70.4 Å². The molecule has 0 unspecified atom stereocenters. The van der Waals surface area contributed by atoms with Crippen molar-refractivity contribution in [2.45, 2.75) is 6.54 Å². The Morgan fingerprint density at radius 2 is 1.77 bits per heavy atom. The summed E-state index contributed by atoms with van der Waals surface area (Å²) in [6, 6.07) is 17.5. The molecule has 2 aromatic carbocycles. The third kappa shape index (κ3) is 4.46. The van der Waals surface area contributed by atoms with E-state index < -0.39 is 0 Å². The molecule has 0 aliphatic carbocycles. The van der Waals surface area contributed by atoms with Gasteiger partial charge in [0.05, 0.1) is 27.0 Å². The van der Waals surface area contributed by atoms with Gasteiger partial charge in [0.15, 0.2) is 11.5 Å². The van der Waals surface area contributed by atoms with E-state index in [0.29, 0.717) is 23.8 Å². The van der Waals surface area contributed by atoms with Crippen LogP contribution in [0.4, 0.5) is 0 Å². The minimum absolute atomic E-state index is 0.567. The third-order valence-electron chi connectivity index (χ3n) is 3.77. The van der Waals surface area contributed by atoms with Crippen LogP contribution in [0.25, 0.3) is 11.3 Å². The molecule has 0 fully saturated rings. The van der Waals surface area contributed by atoms with Crippen molar-refractivity contribution in [3.63, 3.8) is 0 Å². The van der Waals surface area contributed by atoms with Gasteiger partial charge in [0.2, 0.25) is 0 Å². The van der Waals surface area contributed by atoms with Gasteiger partial charge in [-0.1, -0.05) is 34.1 Å². The second-order valence-electron chi connectivity index (χ2n) is 5.49. The molecule has 3 aromatic rings. The molecule has 1 N–H and O–H groups in total. The Balaban J connectivity index is 1.58. The van der Waals surface area contributed by atoms with Crippen LogP contribution in [0.3, 0.4) is 0 Å². The van der Waals surface area contributed by atoms with Crippen molar-refractivity contribution < 1.29 is 13.9 Å². The SMILES string of the molecule is COc1ccc(CN/N=C/c2ccc(-c3ccc(Br)cc3)o2)cc1OC. The van der Waals surface area contributed by atoms with Crippen LogP contribution in [0.5, 0.6) is 11.5 Å². The first-order valence-electron chi connectivity index (χ1n) is 8.02. The molecule has 26 heavy (non-hydrogen) atoms. The average molecular weight is 415 g/mol. The minimum Gasteiger partial charge on any atom is -0.493 e. The van der Waals surface area contributed by atoms with Crippen LogP contribution in [0.2, 0.25) is 0 Å². The van der Waals surface area contributed by atoms with Gasteiger partial charge >= 0.3 is 0 Å². The zero-order valence-corrected chi connectivity index (χ0v) is 16.1. The Labute approximate surface area is 160 Å². The maximum atomic E-state index is 5.79. The number of benzene rings is 2. The molecular formula is C20H19BrN2O3. The van der Waals surface area contributed by atoms with Crippen molar-refractivity contribution in [1.82, 2.24) is 5.43 Å². The van der Waals surface area contributed by atoms with Crippen LogP contribution in [0.1, 0.15) is 11.3 Å². The summed E-state index contributed by atoms with van der Waals surface area (Å²) in [7, 11) is 3.24. The van der Waals surface area contributed by atoms with Crippen molar-refractivity contribution in [3.8, 4) is 22.8 Å². The van der Waals surface area contributed by atoms with Crippen molar-refractivity contribution >= 4 is 22.1 Å². The van der Waals surface area contributed by atoms with Gasteiger partial charge in [-0.2, -0.15) is 5.10 Å². The highest BCUT2D eigenvalue weighted by Crippen LogP contribution is 2.27. The highest BCUT2D eigenvalue weighted by atomic mass is 79.9. The van der Waals surface area contributed by atoms with E-state index >= 15 is 0 Å². The average Bonchev–Trinajstić information content (AvgIpc) is 3.14. The maximum absolute atomic E-state index is 5.79. The maximum Gasteiger partial charge on any atom is 0.161 e. The third-order valence-corrected chi connectivity index (χ3v) is 4.30. The van der Waals surface area contributed by atoms with Gasteiger partial charge in [0.25, 0.3) is 0 Å². The quantitative estimate of drug-likeness (QED) is 0.443. The summed E-state index contributed by atoms with van der Waals surface area (Å²) in [5.74, 6) is 2.89. The topological polar surface area (TPSA) is 56.0 Å². The lowest BCUT2D eigenvalue weighted by atomic mass is 10.2. The number of hydrogen-bond acceptors (Lipinski definition) is 5. The molecule has 0 amide bonds. The monoisotopic (exact) mass is 414 g/mol. The largest absolute Gasteiger partial charge is 0.493 e. The fourth-order valence-corrected chi connectivity index (χ4v) is 2.69. The van der Waals surface area contributed by atoms with E-state index in [-0.39, 0.29) is 0 Å². The Morgan fingerprint density at radius 3 is 2.50 bits per heavy atom. The molecule has 0 radical (unpaired) electrons. The van der Waals surface area contributed by atoms with Crippen LogP contribution in [0, 0.1) is 0 Å². The lowest BCUT2D eigenvalue weighted by molar-refractivity contribution is 0.354. The summed E-state index contributed by atoms with van der Waals surface area (Å²) in [6.07, 6.45) is 1.66. The molecule has 3 rings (SSSR count). The number of hydrogen-bond donors (Lipinski definition) is 1. The van der Waals surface area contributed by atoms with E-state index in [1.165, 1.54) is 0 Å². The number of methoxy groups -OCH3 is 2. The predicted octanol–water partition coefficient (Wildman–Crippen LogP) is 4.85. The number of furan rings is 1. The zero-order valence-electron chi connectivity index (χ0n) is 14.5. The van der Waals surface area contributed by atoms with Gasteiger partial charge in [0, 0.05) is 10.0 Å². The highest BCUT2D eigenvalue weighted by molar-refractivity contribution is 9.10. The molecule has 134 valence electrons. The van der Waals surface area contributed by atoms with Gasteiger partial charge < -0.3 is 19.3 Å². The number of nitrogens with one attached hydrogen (secondary N) is 1. The molecule has 1 heterocycles. The standard InChI is InChI=1S/C20H19BrN2O3/c1-24-19-9-3-14(11-20(19)25-2)12-22-23-13-17-8-10-18(26-17)15-4-6-16(21)7-5-15/h3-11,13,22H,12H2,1-2H3/b23-13+. The van der Waals surface area contributed by atoms with E-state index in [9.17, 15) is 0 Å². The van der Waals surface area contributed by atoms with E-state index in [0.717, 1.165) is 21.4 Å². The van der Waals surface area contributed by atoms with Gasteiger partial charge in [-0.3, -0.25) is 0 Å². The normalized spacial score (nSPS) is 10.9. The van der Waals surface area contributed by atoms with Crippen LogP contribution in [-0.2, 0) is 6.54 Å². The molecule has 6 heteroatoms. The fourth-order valence-electron chi connectivity index (χ4n) is 2.43. The van der Waals surface area contributed by atoms with Gasteiger partial charge in [-0.15, -0.1) is 0 Å². The van der Waals surface area contributed by atoms with E-state index in [1.54, 1.807) is 20.4 Å². The highest BCUT2D eigenvalue weighted by Gasteiger charge is 2.05. The molecule has 0 bridgehead atoms. The second kappa shape index (κ2) is 8.58. The minimum atomic E-state index is 0.567. The van der Waals surface area contributed by atoms with Crippen molar-refractivity contribution in [1.29, 1.82) is 0 Å². The number of rotatable bonds is 7. The van der Waals surface area contributed by atoms with E-state index in [4.69, 9.17) is 13.9 Å². The van der Waals surface area contributed by atoms with E-state index in [1.807, 2.05) is 54.6 Å². The van der Waals surface area contributed by atoms with Gasteiger partial charge in [0.1, 0.15) is 11.5 Å². The van der Waals surface area contributed by atoms with Crippen LogP contribution < -0.4 is 14.9 Å². The molecule has 0 saturated heterocycles.